The number of carboxylic acid groups (broad SMARTS) is 1. The van der Waals surface area contributed by atoms with E-state index in [1.807, 2.05) is 23.7 Å². The van der Waals surface area contributed by atoms with Crippen LogP contribution < -0.4 is 0 Å². The molecule has 4 heteroatoms. The normalized spacial score (nSPS) is 18.1. The molecule has 2 aromatic carbocycles. The monoisotopic (exact) mass is 369 g/mol. The van der Waals surface area contributed by atoms with Crippen molar-refractivity contribution in [3.05, 3.63) is 59.7 Å². The van der Waals surface area contributed by atoms with Crippen molar-refractivity contribution in [2.24, 2.45) is 0 Å². The highest BCUT2D eigenvalue weighted by molar-refractivity contribution is 8.00. The minimum absolute atomic E-state index is 0.0827. The summed E-state index contributed by atoms with van der Waals surface area (Å²) in [6, 6.07) is 17.3. The van der Waals surface area contributed by atoms with Crippen molar-refractivity contribution in [1.82, 2.24) is 4.90 Å². The minimum atomic E-state index is -0.762. The molecular formula is C22H27NO2S. The number of aliphatic carboxylic acids is 1. The summed E-state index contributed by atoms with van der Waals surface area (Å²) >= 11 is 2.04. The first-order valence-electron chi connectivity index (χ1n) is 9.15. The van der Waals surface area contributed by atoms with E-state index in [9.17, 15) is 4.79 Å². The van der Waals surface area contributed by atoms with Gasteiger partial charge in [-0.3, -0.25) is 9.69 Å². The third-order valence-corrected chi connectivity index (χ3v) is 6.55. The van der Waals surface area contributed by atoms with Crippen molar-refractivity contribution >= 4 is 17.7 Å². The van der Waals surface area contributed by atoms with Crippen LogP contribution >= 0.6 is 11.8 Å². The minimum Gasteiger partial charge on any atom is -0.480 e. The molecule has 3 nitrogen and oxygen atoms in total. The van der Waals surface area contributed by atoms with E-state index >= 15 is 0 Å². The fourth-order valence-corrected chi connectivity index (χ4v) is 5.58. The summed E-state index contributed by atoms with van der Waals surface area (Å²) in [5.41, 5.74) is 5.52. The molecule has 0 fully saturated rings. The van der Waals surface area contributed by atoms with Crippen LogP contribution in [0.3, 0.4) is 0 Å². The first kappa shape index (κ1) is 19.0. The Morgan fingerprint density at radius 3 is 2.58 bits per heavy atom. The molecule has 3 rings (SSSR count). The number of carbonyl (C=O) groups is 1. The lowest BCUT2D eigenvalue weighted by molar-refractivity contribution is -0.137. The Kier molecular flexibility index (Phi) is 5.73. The van der Waals surface area contributed by atoms with Gasteiger partial charge in [0.05, 0.1) is 6.54 Å². The number of fused-ring (bicyclic) bond motifs is 1. The van der Waals surface area contributed by atoms with Crippen LogP contribution in [0.15, 0.2) is 48.5 Å². The summed E-state index contributed by atoms with van der Waals surface area (Å²) in [5, 5.41) is 9.36. The number of nitrogens with zero attached hydrogens (tertiary/aromatic N) is 1. The Morgan fingerprint density at radius 1 is 1.15 bits per heavy atom. The molecule has 0 aliphatic carbocycles. The van der Waals surface area contributed by atoms with Gasteiger partial charge in [-0.25, -0.2) is 0 Å². The zero-order chi connectivity index (χ0) is 18.7. The number of likely N-dealkylation sites (N-methyl/N-ethyl adjacent to an activating group) is 1. The lowest BCUT2D eigenvalue weighted by atomic mass is 9.86. The molecule has 0 amide bonds. The Morgan fingerprint density at radius 2 is 1.88 bits per heavy atom. The topological polar surface area (TPSA) is 40.5 Å². The number of thioether (sulfide) groups is 1. The van der Waals surface area contributed by atoms with Gasteiger partial charge in [-0.15, -0.1) is 11.8 Å². The lowest BCUT2D eigenvalue weighted by Crippen LogP contribution is -2.26. The molecule has 1 atom stereocenters. The average Bonchev–Trinajstić information content (AvgIpc) is 2.86. The smallest absolute Gasteiger partial charge is 0.317 e. The van der Waals surface area contributed by atoms with E-state index in [-0.39, 0.29) is 11.3 Å². The molecule has 1 aliphatic rings. The van der Waals surface area contributed by atoms with E-state index in [1.54, 1.807) is 0 Å². The maximum absolute atomic E-state index is 10.8. The summed E-state index contributed by atoms with van der Waals surface area (Å²) in [7, 11) is 1.88. The number of carboxylic acids is 1. The molecule has 1 N–H and O–H groups in total. The molecular weight excluding hydrogens is 342 g/mol. The van der Waals surface area contributed by atoms with Gasteiger partial charge in [0.25, 0.3) is 0 Å². The van der Waals surface area contributed by atoms with Crippen molar-refractivity contribution < 1.29 is 9.90 Å². The van der Waals surface area contributed by atoms with Crippen LogP contribution in [-0.4, -0.2) is 36.1 Å². The van der Waals surface area contributed by atoms with Crippen LogP contribution in [0, 0.1) is 0 Å². The molecule has 0 aromatic heterocycles. The molecule has 0 saturated carbocycles. The van der Waals surface area contributed by atoms with Gasteiger partial charge in [-0.1, -0.05) is 48.5 Å². The molecule has 0 radical (unpaired) electrons. The molecule has 1 heterocycles. The van der Waals surface area contributed by atoms with Crippen LogP contribution in [-0.2, 0) is 9.54 Å². The second-order valence-electron chi connectivity index (χ2n) is 7.53. The number of hydrogen-bond acceptors (Lipinski definition) is 3. The third kappa shape index (κ3) is 4.13. The van der Waals surface area contributed by atoms with Gasteiger partial charge in [-0.2, -0.15) is 0 Å². The highest BCUT2D eigenvalue weighted by Crippen LogP contribution is 2.58. The number of rotatable bonds is 7. The Bertz CT molecular complexity index is 773. The molecule has 2 aromatic rings. The summed E-state index contributed by atoms with van der Waals surface area (Å²) in [4.78, 5) is 12.7. The van der Waals surface area contributed by atoms with Crippen LogP contribution in [0.1, 0.15) is 43.1 Å². The Labute approximate surface area is 160 Å². The van der Waals surface area contributed by atoms with Crippen LogP contribution in [0.5, 0.6) is 0 Å². The predicted octanol–water partition coefficient (Wildman–Crippen LogP) is 5.17. The van der Waals surface area contributed by atoms with Crippen molar-refractivity contribution in [3.63, 3.8) is 0 Å². The fraction of sp³-hybridized carbons (Fsp3) is 0.409. The highest BCUT2D eigenvalue weighted by atomic mass is 32.2. The van der Waals surface area contributed by atoms with Crippen LogP contribution in [0.2, 0.25) is 0 Å². The number of benzene rings is 2. The number of hydrogen-bond donors (Lipinski definition) is 1. The fourth-order valence-electron chi connectivity index (χ4n) is 3.92. The van der Waals surface area contributed by atoms with E-state index in [1.165, 1.54) is 22.3 Å². The van der Waals surface area contributed by atoms with Gasteiger partial charge in [0.2, 0.25) is 0 Å². The molecule has 0 saturated heterocycles. The summed E-state index contributed by atoms with van der Waals surface area (Å²) in [6.07, 6.45) is 2.08. The molecule has 26 heavy (non-hydrogen) atoms. The molecule has 0 spiro atoms. The maximum Gasteiger partial charge on any atom is 0.317 e. The quantitative estimate of drug-likeness (QED) is 0.731. The third-order valence-electron chi connectivity index (χ3n) is 4.98. The SMILES string of the molecule is CN(CCCC1SC(C)(C)c2c(-c3ccccc3)cccc21)CC(=O)O. The van der Waals surface area contributed by atoms with E-state index in [0.29, 0.717) is 5.25 Å². The largest absolute Gasteiger partial charge is 0.480 e. The second kappa shape index (κ2) is 7.85. The van der Waals surface area contributed by atoms with Gasteiger partial charge >= 0.3 is 5.97 Å². The highest BCUT2D eigenvalue weighted by Gasteiger charge is 2.39. The zero-order valence-electron chi connectivity index (χ0n) is 15.7. The molecule has 138 valence electrons. The van der Waals surface area contributed by atoms with E-state index in [2.05, 4.69) is 62.4 Å². The van der Waals surface area contributed by atoms with Gasteiger partial charge in [0.1, 0.15) is 0 Å². The molecule has 1 aliphatic heterocycles. The van der Waals surface area contributed by atoms with Gasteiger partial charge in [0.15, 0.2) is 0 Å². The second-order valence-corrected chi connectivity index (χ2v) is 9.35. The van der Waals surface area contributed by atoms with E-state index < -0.39 is 5.97 Å². The summed E-state index contributed by atoms with van der Waals surface area (Å²) < 4.78 is 0.0827. The maximum atomic E-state index is 10.8. The van der Waals surface area contributed by atoms with E-state index in [0.717, 1.165) is 19.4 Å². The Hall–Kier alpha value is -1.78. The van der Waals surface area contributed by atoms with Crippen LogP contribution in [0.25, 0.3) is 11.1 Å². The zero-order valence-corrected chi connectivity index (χ0v) is 16.6. The van der Waals surface area contributed by atoms with Crippen molar-refractivity contribution in [2.45, 2.75) is 36.7 Å². The van der Waals surface area contributed by atoms with Gasteiger partial charge in [0, 0.05) is 10.00 Å². The lowest BCUT2D eigenvalue weighted by Gasteiger charge is -2.22. The molecule has 0 bridgehead atoms. The summed E-state index contributed by atoms with van der Waals surface area (Å²) in [5.74, 6) is -0.762. The standard InChI is InChI=1S/C22H27NO2S/c1-22(2)21-17(16-9-5-4-6-10-16)11-7-12-18(21)19(26-22)13-8-14-23(3)15-20(24)25/h4-7,9-12,19H,8,13-15H2,1-3H3,(H,24,25). The van der Waals surface area contributed by atoms with Crippen LogP contribution in [0.4, 0.5) is 0 Å². The first-order valence-corrected chi connectivity index (χ1v) is 10.0. The first-order chi connectivity index (χ1) is 12.4. The van der Waals surface area contributed by atoms with E-state index in [4.69, 9.17) is 5.11 Å². The van der Waals surface area contributed by atoms with Gasteiger partial charge < -0.3 is 5.11 Å². The van der Waals surface area contributed by atoms with Crippen molar-refractivity contribution in [3.8, 4) is 11.1 Å². The van der Waals surface area contributed by atoms with Crippen molar-refractivity contribution in [2.75, 3.05) is 20.1 Å². The molecule has 1 unspecified atom stereocenters. The Balaban J connectivity index is 1.79. The average molecular weight is 370 g/mol. The summed E-state index contributed by atoms with van der Waals surface area (Å²) in [6.45, 7) is 5.56. The predicted molar refractivity (Wildman–Crippen MR) is 110 cm³/mol. The van der Waals surface area contributed by atoms with Gasteiger partial charge in [-0.05, 0) is 62.5 Å². The van der Waals surface area contributed by atoms with Crippen molar-refractivity contribution in [1.29, 1.82) is 0 Å².